The van der Waals surface area contributed by atoms with E-state index in [2.05, 4.69) is 19.1 Å². The zero-order chi connectivity index (χ0) is 19.9. The predicted octanol–water partition coefficient (Wildman–Crippen LogP) is 6.43. The number of hydrogen-bond acceptors (Lipinski definition) is 4. The van der Waals surface area contributed by atoms with Crippen LogP contribution in [0.5, 0.6) is 0 Å². The summed E-state index contributed by atoms with van der Waals surface area (Å²) in [5.41, 5.74) is 0.0534. The fourth-order valence-corrected chi connectivity index (χ4v) is 3.27. The van der Waals surface area contributed by atoms with Gasteiger partial charge in [0.05, 0.1) is 0 Å². The van der Waals surface area contributed by atoms with Gasteiger partial charge in [-0.15, -0.1) is 0 Å². The highest BCUT2D eigenvalue weighted by Gasteiger charge is 2.27. The number of hydrogen-bond donors (Lipinski definition) is 2. The van der Waals surface area contributed by atoms with Crippen LogP contribution in [0.15, 0.2) is 35.3 Å². The third-order valence-electron chi connectivity index (χ3n) is 4.98. The van der Waals surface area contributed by atoms with Gasteiger partial charge in [-0.1, -0.05) is 70.4 Å². The predicted molar refractivity (Wildman–Crippen MR) is 110 cm³/mol. The Bertz CT molecular complexity index is 555. The average molecular weight is 377 g/mol. The molecule has 0 unspecified atom stereocenters. The summed E-state index contributed by atoms with van der Waals surface area (Å²) in [6, 6.07) is 0. The van der Waals surface area contributed by atoms with Crippen molar-refractivity contribution in [3.8, 4) is 0 Å². The number of ketones is 2. The lowest BCUT2D eigenvalue weighted by atomic mass is 9.95. The van der Waals surface area contributed by atoms with Gasteiger partial charge in [0.25, 0.3) is 0 Å². The number of carbonyl (C=O) groups is 2. The normalized spacial score (nSPS) is 15.1. The average Bonchev–Trinajstić information content (AvgIpc) is 2.65. The summed E-state index contributed by atoms with van der Waals surface area (Å²) < 4.78 is 0. The molecule has 0 heterocycles. The van der Waals surface area contributed by atoms with E-state index in [4.69, 9.17) is 0 Å². The van der Waals surface area contributed by atoms with Gasteiger partial charge in [0.15, 0.2) is 11.5 Å². The van der Waals surface area contributed by atoms with Gasteiger partial charge >= 0.3 is 0 Å². The molecular formula is C23H36O4. The molecule has 2 N–H and O–H groups in total. The number of allylic oxidation sites excluding steroid dienone is 4. The first-order valence-electron chi connectivity index (χ1n) is 10.6. The van der Waals surface area contributed by atoms with Crippen LogP contribution >= 0.6 is 0 Å². The number of Topliss-reactive ketones (excluding diaryl/α,β-unsaturated/α-hetero) is 1. The Morgan fingerprint density at radius 2 is 1.30 bits per heavy atom. The lowest BCUT2D eigenvalue weighted by Gasteiger charge is -2.12. The van der Waals surface area contributed by atoms with Crippen LogP contribution < -0.4 is 0 Å². The van der Waals surface area contributed by atoms with Crippen molar-refractivity contribution < 1.29 is 19.8 Å². The summed E-state index contributed by atoms with van der Waals surface area (Å²) in [5.74, 6) is -2.38. The first-order chi connectivity index (χ1) is 13.1. The van der Waals surface area contributed by atoms with Crippen LogP contribution in [-0.2, 0) is 9.59 Å². The van der Waals surface area contributed by atoms with Crippen molar-refractivity contribution in [2.45, 2.75) is 96.8 Å². The van der Waals surface area contributed by atoms with Crippen LogP contribution in [0.4, 0.5) is 0 Å². The summed E-state index contributed by atoms with van der Waals surface area (Å²) in [4.78, 5) is 23.2. The molecule has 0 aromatic rings. The molecule has 0 fully saturated rings. The van der Waals surface area contributed by atoms with Crippen molar-refractivity contribution in [1.29, 1.82) is 0 Å². The van der Waals surface area contributed by atoms with Crippen molar-refractivity contribution in [2.24, 2.45) is 0 Å². The number of aliphatic hydroxyl groups excluding tert-OH is 2. The van der Waals surface area contributed by atoms with Crippen molar-refractivity contribution >= 4 is 11.6 Å². The second-order valence-electron chi connectivity index (χ2n) is 7.38. The van der Waals surface area contributed by atoms with E-state index in [1.165, 1.54) is 51.4 Å². The topological polar surface area (TPSA) is 74.6 Å². The molecule has 0 saturated heterocycles. The molecule has 4 heteroatoms. The molecule has 0 bridgehead atoms. The fourth-order valence-electron chi connectivity index (χ4n) is 3.27. The third kappa shape index (κ3) is 9.60. The van der Waals surface area contributed by atoms with Crippen LogP contribution in [-0.4, -0.2) is 21.8 Å². The van der Waals surface area contributed by atoms with E-state index >= 15 is 0 Å². The summed E-state index contributed by atoms with van der Waals surface area (Å²) in [5, 5.41) is 19.1. The van der Waals surface area contributed by atoms with Crippen molar-refractivity contribution in [1.82, 2.24) is 0 Å². The molecule has 0 aromatic carbocycles. The maximum absolute atomic E-state index is 11.8. The van der Waals surface area contributed by atoms with Gasteiger partial charge in [-0.05, 0) is 38.5 Å². The molecule has 0 amide bonds. The second kappa shape index (κ2) is 14.2. The summed E-state index contributed by atoms with van der Waals surface area (Å²) in [6.07, 6.45) is 21.1. The maximum atomic E-state index is 11.8. The maximum Gasteiger partial charge on any atom is 0.227 e. The van der Waals surface area contributed by atoms with Crippen LogP contribution in [0.3, 0.4) is 0 Å². The van der Waals surface area contributed by atoms with E-state index in [1.807, 2.05) is 0 Å². The van der Waals surface area contributed by atoms with Gasteiger partial charge in [0.1, 0.15) is 0 Å². The molecule has 0 saturated carbocycles. The molecule has 0 atom stereocenters. The smallest absolute Gasteiger partial charge is 0.227 e. The fraction of sp³-hybridized carbons (Fsp3) is 0.652. The van der Waals surface area contributed by atoms with Crippen LogP contribution in [0, 0.1) is 0 Å². The number of carbonyl (C=O) groups excluding carboxylic acids is 2. The molecule has 1 aliphatic carbocycles. The lowest BCUT2D eigenvalue weighted by Crippen LogP contribution is -2.19. The number of rotatable bonds is 15. The number of unbranched alkanes of at least 4 members (excludes halogenated alkanes) is 11. The van der Waals surface area contributed by atoms with Crippen molar-refractivity contribution in [3.63, 3.8) is 0 Å². The Labute approximate surface area is 164 Å². The molecule has 0 aliphatic heterocycles. The number of aliphatic hydroxyl groups is 2. The highest BCUT2D eigenvalue weighted by molar-refractivity contribution is 6.20. The zero-order valence-electron chi connectivity index (χ0n) is 16.8. The lowest BCUT2D eigenvalue weighted by molar-refractivity contribution is -0.119. The Kier molecular flexibility index (Phi) is 12.2. The molecule has 4 nitrogen and oxygen atoms in total. The highest BCUT2D eigenvalue weighted by Crippen LogP contribution is 2.22. The van der Waals surface area contributed by atoms with E-state index in [0.29, 0.717) is 6.42 Å². The van der Waals surface area contributed by atoms with Crippen molar-refractivity contribution in [2.75, 3.05) is 0 Å². The first-order valence-corrected chi connectivity index (χ1v) is 10.6. The van der Waals surface area contributed by atoms with E-state index < -0.39 is 23.1 Å². The van der Waals surface area contributed by atoms with Crippen LogP contribution in [0.1, 0.15) is 96.8 Å². The van der Waals surface area contributed by atoms with Gasteiger partial charge in [0, 0.05) is 11.6 Å². The Hall–Kier alpha value is -1.84. The van der Waals surface area contributed by atoms with E-state index in [1.54, 1.807) is 0 Å². The minimum absolute atomic E-state index is 0.0534. The molecule has 1 aliphatic rings. The van der Waals surface area contributed by atoms with Gasteiger partial charge in [-0.25, -0.2) is 0 Å². The van der Waals surface area contributed by atoms with Crippen LogP contribution in [0.2, 0.25) is 0 Å². The molecule has 0 spiro atoms. The molecular weight excluding hydrogens is 340 g/mol. The monoisotopic (exact) mass is 376 g/mol. The largest absolute Gasteiger partial charge is 0.504 e. The summed E-state index contributed by atoms with van der Waals surface area (Å²) in [6.45, 7) is 2.24. The van der Waals surface area contributed by atoms with Crippen LogP contribution in [0.25, 0.3) is 0 Å². The van der Waals surface area contributed by atoms with Gasteiger partial charge < -0.3 is 10.2 Å². The summed E-state index contributed by atoms with van der Waals surface area (Å²) in [7, 11) is 0. The zero-order valence-corrected chi connectivity index (χ0v) is 16.8. The van der Waals surface area contributed by atoms with Gasteiger partial charge in [-0.2, -0.15) is 0 Å². The molecule has 1 rings (SSSR count). The van der Waals surface area contributed by atoms with E-state index in [-0.39, 0.29) is 5.57 Å². The molecule has 0 radical (unpaired) electrons. The highest BCUT2D eigenvalue weighted by atomic mass is 16.3. The standard InChI is InChI=1S/C23H36O4/c1-2-3-4-5-6-7-8-9-10-11-12-13-14-15-16-17-19-22(26)20(24)18-21(25)23(19)27/h9-10,18,24,27H,2-8,11-17H2,1H3. The van der Waals surface area contributed by atoms with Gasteiger partial charge in [-0.3, -0.25) is 9.59 Å². The van der Waals surface area contributed by atoms with Gasteiger partial charge in [0.2, 0.25) is 11.6 Å². The quantitative estimate of drug-likeness (QED) is 0.196. The van der Waals surface area contributed by atoms with E-state index in [9.17, 15) is 19.8 Å². The first kappa shape index (κ1) is 23.2. The Morgan fingerprint density at radius 3 is 1.89 bits per heavy atom. The van der Waals surface area contributed by atoms with Crippen molar-refractivity contribution in [3.05, 3.63) is 35.3 Å². The second-order valence-corrected chi connectivity index (χ2v) is 7.38. The SMILES string of the molecule is CCCCCCCCC=CCCCCCCCC1=C(O)C(=O)C=C(O)C1=O. The summed E-state index contributed by atoms with van der Waals surface area (Å²) >= 11 is 0. The molecule has 27 heavy (non-hydrogen) atoms. The Morgan fingerprint density at radius 1 is 0.778 bits per heavy atom. The third-order valence-corrected chi connectivity index (χ3v) is 4.98. The Balaban J connectivity index is 1.99. The molecule has 0 aromatic heterocycles. The minimum Gasteiger partial charge on any atom is -0.504 e. The molecule has 152 valence electrons. The van der Waals surface area contributed by atoms with E-state index in [0.717, 1.165) is 38.2 Å². The minimum atomic E-state index is -0.685.